The van der Waals surface area contributed by atoms with Crippen LogP contribution in [-0.2, 0) is 15.5 Å². The van der Waals surface area contributed by atoms with Crippen LogP contribution in [-0.4, -0.2) is 28.0 Å². The number of nitrogens with one attached hydrogen (secondary N) is 1. The minimum absolute atomic E-state index is 0.370. The van der Waals surface area contributed by atoms with Crippen molar-refractivity contribution in [3.63, 3.8) is 0 Å². The van der Waals surface area contributed by atoms with Crippen LogP contribution >= 0.6 is 0 Å². The summed E-state index contributed by atoms with van der Waals surface area (Å²) in [7, 11) is 0. The highest BCUT2D eigenvalue weighted by Gasteiger charge is 2.11. The molecule has 1 aliphatic carbocycles. The molecular weight excluding hydrogens is 214 g/mol. The molecule has 1 fully saturated rings. The minimum Gasteiger partial charge on any atom is -0.314 e. The molecule has 1 saturated carbocycles. The molecule has 0 spiro atoms. The summed E-state index contributed by atoms with van der Waals surface area (Å²) in [4.78, 5) is 0. The van der Waals surface area contributed by atoms with Gasteiger partial charge in [-0.2, -0.15) is 4.21 Å². The molecule has 0 aromatic heterocycles. The van der Waals surface area contributed by atoms with E-state index in [-0.39, 0.29) is 0 Å². The lowest BCUT2D eigenvalue weighted by atomic mass is 9.95. The van der Waals surface area contributed by atoms with Crippen LogP contribution in [0.1, 0.15) is 44.9 Å². The summed E-state index contributed by atoms with van der Waals surface area (Å²) >= 11 is -2.10. The first-order chi connectivity index (χ1) is 7.29. The van der Waals surface area contributed by atoms with Crippen LogP contribution in [0.5, 0.6) is 0 Å². The van der Waals surface area contributed by atoms with Gasteiger partial charge in [-0.25, -0.2) is 0 Å². The topological polar surface area (TPSA) is 58.6 Å². The summed E-state index contributed by atoms with van der Waals surface area (Å²) in [5.74, 6) is 0. The molecule has 0 aliphatic heterocycles. The Morgan fingerprint density at radius 2 is 2.00 bits per heavy atom. The van der Waals surface area contributed by atoms with Crippen molar-refractivity contribution in [3.05, 3.63) is 0 Å². The van der Waals surface area contributed by atoms with Crippen molar-refractivity contribution in [2.75, 3.05) is 13.2 Å². The highest BCUT2D eigenvalue weighted by Crippen LogP contribution is 2.17. The summed E-state index contributed by atoms with van der Waals surface area (Å²) in [6.45, 7) is 1.36. The third-order valence-corrected chi connectivity index (χ3v) is 3.16. The molecule has 2 N–H and O–H groups in total. The number of hydrogen-bond acceptors (Lipinski definition) is 3. The van der Waals surface area contributed by atoms with Crippen LogP contribution in [0, 0.1) is 0 Å². The first-order valence-corrected chi connectivity index (χ1v) is 6.80. The molecule has 1 rings (SSSR count). The van der Waals surface area contributed by atoms with Crippen molar-refractivity contribution in [1.82, 2.24) is 5.32 Å². The molecule has 0 saturated heterocycles. The Hall–Kier alpha value is 0.0300. The van der Waals surface area contributed by atoms with Crippen molar-refractivity contribution < 1.29 is 12.9 Å². The molecule has 1 unspecified atom stereocenters. The minimum atomic E-state index is -2.10. The molecule has 1 atom stereocenters. The van der Waals surface area contributed by atoms with Gasteiger partial charge >= 0.3 is 11.4 Å². The Balaban J connectivity index is 1.85. The van der Waals surface area contributed by atoms with E-state index in [4.69, 9.17) is 4.55 Å². The van der Waals surface area contributed by atoms with Gasteiger partial charge in [0.1, 0.15) is 0 Å². The highest BCUT2D eigenvalue weighted by molar-refractivity contribution is 7.74. The van der Waals surface area contributed by atoms with E-state index < -0.39 is 11.4 Å². The molecule has 0 heterocycles. The molecule has 0 aromatic carbocycles. The molecule has 0 aromatic rings. The van der Waals surface area contributed by atoms with Gasteiger partial charge in [-0.3, -0.25) is 8.74 Å². The van der Waals surface area contributed by atoms with Crippen LogP contribution in [0.25, 0.3) is 0 Å². The van der Waals surface area contributed by atoms with E-state index in [9.17, 15) is 4.21 Å². The maximum Gasteiger partial charge on any atom is 0.301 e. The fourth-order valence-corrected chi connectivity index (χ4v) is 2.23. The van der Waals surface area contributed by atoms with Gasteiger partial charge in [-0.1, -0.05) is 19.3 Å². The Kier molecular flexibility index (Phi) is 7.17. The third-order valence-electron chi connectivity index (χ3n) is 2.79. The van der Waals surface area contributed by atoms with Gasteiger partial charge in [0.15, 0.2) is 0 Å². The van der Waals surface area contributed by atoms with Crippen molar-refractivity contribution >= 4 is 11.4 Å². The Bertz CT molecular complexity index is 184. The van der Waals surface area contributed by atoms with Crippen molar-refractivity contribution in [2.24, 2.45) is 0 Å². The zero-order valence-corrected chi connectivity index (χ0v) is 9.93. The largest absolute Gasteiger partial charge is 0.314 e. The average Bonchev–Trinajstić information content (AvgIpc) is 2.24. The number of hydrogen-bond donors (Lipinski definition) is 2. The van der Waals surface area contributed by atoms with Crippen molar-refractivity contribution in [3.8, 4) is 0 Å². The van der Waals surface area contributed by atoms with E-state index in [1.807, 2.05) is 0 Å². The lowest BCUT2D eigenvalue weighted by Crippen LogP contribution is -2.31. The average molecular weight is 235 g/mol. The van der Waals surface area contributed by atoms with Gasteiger partial charge in [0.05, 0.1) is 6.61 Å². The van der Waals surface area contributed by atoms with E-state index in [0.717, 1.165) is 19.4 Å². The Labute approximate surface area is 94.3 Å². The molecule has 0 amide bonds. The molecule has 0 radical (unpaired) electrons. The third kappa shape index (κ3) is 7.00. The van der Waals surface area contributed by atoms with E-state index in [1.54, 1.807) is 0 Å². The quantitative estimate of drug-likeness (QED) is 0.522. The van der Waals surface area contributed by atoms with Crippen LogP contribution in [0.3, 0.4) is 0 Å². The predicted molar refractivity (Wildman–Crippen MR) is 60.8 cm³/mol. The molecule has 15 heavy (non-hydrogen) atoms. The van der Waals surface area contributed by atoms with Gasteiger partial charge in [0.25, 0.3) is 0 Å². The van der Waals surface area contributed by atoms with Gasteiger partial charge in [-0.05, 0) is 32.2 Å². The Morgan fingerprint density at radius 1 is 1.27 bits per heavy atom. The normalized spacial score (nSPS) is 20.3. The van der Waals surface area contributed by atoms with Crippen LogP contribution in [0.15, 0.2) is 0 Å². The van der Waals surface area contributed by atoms with E-state index >= 15 is 0 Å². The van der Waals surface area contributed by atoms with Gasteiger partial charge < -0.3 is 5.32 Å². The van der Waals surface area contributed by atoms with Gasteiger partial charge in [0.2, 0.25) is 0 Å². The standard InChI is InChI=1S/C10H21NO3S/c12-15(13)14-9-5-4-8-11-10-6-2-1-3-7-10/h10-11H,1-9H2,(H,12,13). The summed E-state index contributed by atoms with van der Waals surface area (Å²) in [5, 5.41) is 3.52. The first kappa shape index (κ1) is 13.1. The summed E-state index contributed by atoms with van der Waals surface area (Å²) in [6, 6.07) is 0.701. The summed E-state index contributed by atoms with van der Waals surface area (Å²) in [6.07, 6.45) is 8.54. The fourth-order valence-electron chi connectivity index (χ4n) is 1.97. The number of unbranched alkanes of at least 4 members (excludes halogenated alkanes) is 1. The molecule has 0 bridgehead atoms. The zero-order valence-electron chi connectivity index (χ0n) is 9.11. The second kappa shape index (κ2) is 8.21. The molecule has 1 aliphatic rings. The maximum atomic E-state index is 10.2. The first-order valence-electron chi connectivity index (χ1n) is 5.76. The molecule has 4 nitrogen and oxygen atoms in total. The predicted octanol–water partition coefficient (Wildman–Crippen LogP) is 1.84. The van der Waals surface area contributed by atoms with Crippen molar-refractivity contribution in [1.29, 1.82) is 0 Å². The van der Waals surface area contributed by atoms with Gasteiger partial charge in [-0.15, -0.1) is 0 Å². The zero-order chi connectivity index (χ0) is 10.9. The van der Waals surface area contributed by atoms with E-state index in [2.05, 4.69) is 9.50 Å². The maximum absolute atomic E-state index is 10.2. The van der Waals surface area contributed by atoms with Crippen molar-refractivity contribution in [2.45, 2.75) is 51.0 Å². The van der Waals surface area contributed by atoms with E-state index in [1.165, 1.54) is 32.1 Å². The summed E-state index contributed by atoms with van der Waals surface area (Å²) in [5.41, 5.74) is 0. The second-order valence-electron chi connectivity index (χ2n) is 4.04. The number of rotatable bonds is 7. The van der Waals surface area contributed by atoms with E-state index in [0.29, 0.717) is 12.6 Å². The van der Waals surface area contributed by atoms with Crippen LogP contribution < -0.4 is 5.32 Å². The second-order valence-corrected chi connectivity index (χ2v) is 4.71. The molecule has 90 valence electrons. The molecule has 5 heteroatoms. The monoisotopic (exact) mass is 235 g/mol. The van der Waals surface area contributed by atoms with Crippen LogP contribution in [0.2, 0.25) is 0 Å². The van der Waals surface area contributed by atoms with Gasteiger partial charge in [0, 0.05) is 6.04 Å². The lowest BCUT2D eigenvalue weighted by molar-refractivity contribution is 0.294. The highest BCUT2D eigenvalue weighted by atomic mass is 32.2. The molecular formula is C10H21NO3S. The fraction of sp³-hybridized carbons (Fsp3) is 1.00. The smallest absolute Gasteiger partial charge is 0.301 e. The van der Waals surface area contributed by atoms with Crippen LogP contribution in [0.4, 0.5) is 0 Å². The summed E-state index contributed by atoms with van der Waals surface area (Å²) < 4.78 is 23.0. The SMILES string of the molecule is O=S(O)OCCCCNC1CCCCC1. The lowest BCUT2D eigenvalue weighted by Gasteiger charge is -2.22. The Morgan fingerprint density at radius 3 is 2.67 bits per heavy atom.